The van der Waals surface area contributed by atoms with E-state index in [4.69, 9.17) is 4.74 Å². The van der Waals surface area contributed by atoms with Gasteiger partial charge in [-0.1, -0.05) is 19.3 Å². The number of rotatable bonds is 8. The number of hydrogen-bond acceptors (Lipinski definition) is 3. The van der Waals surface area contributed by atoms with Crippen molar-refractivity contribution in [2.45, 2.75) is 38.5 Å². The number of hydrogen-bond donors (Lipinski definition) is 3. The SMILES string of the molecule is CN=C(NCCNC(=O)CC1CCCCC1)NCCOC.I. The molecular weight excluding hydrogens is 395 g/mol. The zero-order valence-electron chi connectivity index (χ0n) is 13.8. The second kappa shape index (κ2) is 14.0. The van der Waals surface area contributed by atoms with E-state index in [1.54, 1.807) is 14.2 Å². The lowest BCUT2D eigenvalue weighted by molar-refractivity contribution is -0.122. The fraction of sp³-hybridized carbons (Fsp3) is 0.867. The third-order valence-electron chi connectivity index (χ3n) is 3.76. The highest BCUT2D eigenvalue weighted by molar-refractivity contribution is 14.0. The highest BCUT2D eigenvalue weighted by atomic mass is 127. The van der Waals surface area contributed by atoms with Crippen molar-refractivity contribution >= 4 is 35.8 Å². The fourth-order valence-corrected chi connectivity index (χ4v) is 2.60. The summed E-state index contributed by atoms with van der Waals surface area (Å²) < 4.78 is 4.96. The molecule has 22 heavy (non-hydrogen) atoms. The second-order valence-corrected chi connectivity index (χ2v) is 5.48. The van der Waals surface area contributed by atoms with Crippen molar-refractivity contribution < 1.29 is 9.53 Å². The van der Waals surface area contributed by atoms with E-state index in [1.165, 1.54) is 32.1 Å². The number of halogens is 1. The number of guanidine groups is 1. The maximum absolute atomic E-state index is 11.8. The van der Waals surface area contributed by atoms with Gasteiger partial charge in [-0.25, -0.2) is 0 Å². The topological polar surface area (TPSA) is 74.8 Å². The molecule has 1 aliphatic rings. The lowest BCUT2D eigenvalue weighted by Crippen LogP contribution is -2.42. The Morgan fingerprint density at radius 3 is 2.36 bits per heavy atom. The van der Waals surface area contributed by atoms with Gasteiger partial charge in [0.25, 0.3) is 0 Å². The molecule has 1 rings (SSSR count). The van der Waals surface area contributed by atoms with Crippen LogP contribution in [0, 0.1) is 5.92 Å². The molecule has 0 aromatic rings. The number of amides is 1. The average molecular weight is 426 g/mol. The molecule has 0 aromatic heterocycles. The molecule has 0 radical (unpaired) electrons. The molecule has 130 valence electrons. The van der Waals surface area contributed by atoms with Crippen LogP contribution in [0.25, 0.3) is 0 Å². The first-order valence-electron chi connectivity index (χ1n) is 7.96. The second-order valence-electron chi connectivity index (χ2n) is 5.48. The summed E-state index contributed by atoms with van der Waals surface area (Å²) in [7, 11) is 3.39. The van der Waals surface area contributed by atoms with Crippen molar-refractivity contribution in [3.8, 4) is 0 Å². The molecule has 0 spiro atoms. The Morgan fingerprint density at radius 1 is 1.09 bits per heavy atom. The Labute approximate surface area is 151 Å². The summed E-state index contributed by atoms with van der Waals surface area (Å²) in [6, 6.07) is 0. The minimum Gasteiger partial charge on any atom is -0.383 e. The van der Waals surface area contributed by atoms with Crippen LogP contribution in [0.3, 0.4) is 0 Å². The summed E-state index contributed by atoms with van der Waals surface area (Å²) in [6.07, 6.45) is 6.99. The van der Waals surface area contributed by atoms with Gasteiger partial charge in [0.15, 0.2) is 5.96 Å². The molecular formula is C15H31IN4O2. The standard InChI is InChI=1S/C15H30N4O2.HI/c1-16-15(19-10-11-21-2)18-9-8-17-14(20)12-13-6-4-3-5-7-13;/h13H,3-12H2,1-2H3,(H,17,20)(H2,16,18,19);1H. The van der Waals surface area contributed by atoms with Crippen LogP contribution >= 0.6 is 24.0 Å². The molecule has 0 atom stereocenters. The number of ether oxygens (including phenoxy) is 1. The average Bonchev–Trinajstić information content (AvgIpc) is 2.50. The van der Waals surface area contributed by atoms with Gasteiger partial charge in [-0.15, -0.1) is 24.0 Å². The third-order valence-corrected chi connectivity index (χ3v) is 3.76. The van der Waals surface area contributed by atoms with Crippen LogP contribution < -0.4 is 16.0 Å². The molecule has 7 heteroatoms. The van der Waals surface area contributed by atoms with Gasteiger partial charge in [-0.2, -0.15) is 0 Å². The van der Waals surface area contributed by atoms with Gasteiger partial charge in [-0.05, 0) is 18.8 Å². The predicted molar refractivity (Wildman–Crippen MR) is 101 cm³/mol. The zero-order chi connectivity index (χ0) is 15.3. The number of nitrogens with zero attached hydrogens (tertiary/aromatic N) is 1. The summed E-state index contributed by atoms with van der Waals surface area (Å²) >= 11 is 0. The summed E-state index contributed by atoms with van der Waals surface area (Å²) in [5.74, 6) is 1.50. The maximum Gasteiger partial charge on any atom is 0.220 e. The Kier molecular flexibility index (Phi) is 13.7. The lowest BCUT2D eigenvalue weighted by atomic mass is 9.87. The van der Waals surface area contributed by atoms with Crippen LogP contribution in [-0.4, -0.2) is 52.3 Å². The molecule has 3 N–H and O–H groups in total. The smallest absolute Gasteiger partial charge is 0.220 e. The predicted octanol–water partition coefficient (Wildman–Crippen LogP) is 1.50. The lowest BCUT2D eigenvalue weighted by Gasteiger charge is -2.20. The molecule has 1 aliphatic carbocycles. The molecule has 0 aromatic carbocycles. The number of aliphatic imine (C=N–C) groups is 1. The third kappa shape index (κ3) is 10.2. The first-order valence-corrected chi connectivity index (χ1v) is 7.96. The molecule has 0 bridgehead atoms. The monoisotopic (exact) mass is 426 g/mol. The number of carbonyl (C=O) groups excluding carboxylic acids is 1. The van der Waals surface area contributed by atoms with E-state index in [9.17, 15) is 4.79 Å². The van der Waals surface area contributed by atoms with Gasteiger partial charge in [0.05, 0.1) is 6.61 Å². The van der Waals surface area contributed by atoms with Crippen LogP contribution in [0.4, 0.5) is 0 Å². The van der Waals surface area contributed by atoms with E-state index in [-0.39, 0.29) is 29.9 Å². The van der Waals surface area contributed by atoms with Crippen molar-refractivity contribution in [3.63, 3.8) is 0 Å². The first kappa shape index (κ1) is 21.4. The van der Waals surface area contributed by atoms with Crippen LogP contribution in [0.1, 0.15) is 38.5 Å². The Morgan fingerprint density at radius 2 is 1.73 bits per heavy atom. The van der Waals surface area contributed by atoms with Crippen LogP contribution in [0.5, 0.6) is 0 Å². The molecule has 0 aliphatic heterocycles. The minimum absolute atomic E-state index is 0. The largest absolute Gasteiger partial charge is 0.383 e. The molecule has 0 unspecified atom stereocenters. The van der Waals surface area contributed by atoms with Crippen LogP contribution in [-0.2, 0) is 9.53 Å². The van der Waals surface area contributed by atoms with E-state index in [1.807, 2.05) is 0 Å². The van der Waals surface area contributed by atoms with Crippen molar-refractivity contribution in [2.24, 2.45) is 10.9 Å². The minimum atomic E-state index is 0. The number of nitrogens with one attached hydrogen (secondary N) is 3. The Balaban J connectivity index is 0.00000441. The molecule has 6 nitrogen and oxygen atoms in total. The molecule has 0 heterocycles. The fourth-order valence-electron chi connectivity index (χ4n) is 2.60. The number of carbonyl (C=O) groups is 1. The quantitative estimate of drug-likeness (QED) is 0.238. The van der Waals surface area contributed by atoms with Gasteiger partial charge in [0.1, 0.15) is 0 Å². The van der Waals surface area contributed by atoms with Crippen molar-refractivity contribution in [1.29, 1.82) is 0 Å². The Bertz CT molecular complexity index is 321. The highest BCUT2D eigenvalue weighted by Gasteiger charge is 2.16. The van der Waals surface area contributed by atoms with Crippen molar-refractivity contribution in [1.82, 2.24) is 16.0 Å². The van der Waals surface area contributed by atoms with Crippen LogP contribution in [0.15, 0.2) is 4.99 Å². The zero-order valence-corrected chi connectivity index (χ0v) is 16.2. The molecule has 1 fully saturated rings. The van der Waals surface area contributed by atoms with E-state index in [2.05, 4.69) is 20.9 Å². The summed E-state index contributed by atoms with van der Waals surface area (Å²) in [5, 5.41) is 9.25. The molecule has 0 saturated heterocycles. The van der Waals surface area contributed by atoms with Crippen molar-refractivity contribution in [3.05, 3.63) is 0 Å². The van der Waals surface area contributed by atoms with Crippen LogP contribution in [0.2, 0.25) is 0 Å². The highest BCUT2D eigenvalue weighted by Crippen LogP contribution is 2.25. The van der Waals surface area contributed by atoms with Gasteiger partial charge >= 0.3 is 0 Å². The van der Waals surface area contributed by atoms with E-state index >= 15 is 0 Å². The molecule has 1 saturated carbocycles. The van der Waals surface area contributed by atoms with Gasteiger partial charge < -0.3 is 20.7 Å². The molecule has 1 amide bonds. The number of methoxy groups -OCH3 is 1. The van der Waals surface area contributed by atoms with E-state index < -0.39 is 0 Å². The normalized spacial score (nSPS) is 15.8. The van der Waals surface area contributed by atoms with E-state index in [0.717, 1.165) is 5.96 Å². The van der Waals surface area contributed by atoms with Crippen molar-refractivity contribution in [2.75, 3.05) is 40.4 Å². The summed E-state index contributed by atoms with van der Waals surface area (Å²) in [6.45, 7) is 2.64. The van der Waals surface area contributed by atoms with E-state index in [0.29, 0.717) is 38.6 Å². The summed E-state index contributed by atoms with van der Waals surface area (Å²) in [5.41, 5.74) is 0. The maximum atomic E-state index is 11.8. The van der Waals surface area contributed by atoms with Gasteiger partial charge in [0.2, 0.25) is 5.91 Å². The summed E-state index contributed by atoms with van der Waals surface area (Å²) in [4.78, 5) is 15.9. The van der Waals surface area contributed by atoms with Gasteiger partial charge in [0, 0.05) is 40.2 Å². The van der Waals surface area contributed by atoms with Gasteiger partial charge in [-0.3, -0.25) is 9.79 Å². The Hall–Kier alpha value is -0.570. The first-order chi connectivity index (χ1) is 10.3.